The van der Waals surface area contributed by atoms with Gasteiger partial charge in [0.2, 0.25) is 0 Å². The summed E-state index contributed by atoms with van der Waals surface area (Å²) in [7, 11) is 3.06. The molecule has 0 N–H and O–H groups in total. The summed E-state index contributed by atoms with van der Waals surface area (Å²) in [5, 5.41) is 0.563. The molecular weight excluding hydrogens is 406 g/mol. The molecule has 158 valence electrons. The third-order valence-corrected chi connectivity index (χ3v) is 6.38. The van der Waals surface area contributed by atoms with Gasteiger partial charge in [-0.2, -0.15) is 0 Å². The van der Waals surface area contributed by atoms with E-state index in [1.165, 1.54) is 14.2 Å². The molecule has 2 aliphatic rings. The number of carbonyl (C=O) groups excluding carboxylic acids is 2. The van der Waals surface area contributed by atoms with E-state index < -0.39 is 5.60 Å². The van der Waals surface area contributed by atoms with Gasteiger partial charge in [-0.1, -0.05) is 17.7 Å². The molecule has 1 amide bonds. The van der Waals surface area contributed by atoms with Gasteiger partial charge in [0.15, 0.2) is 5.78 Å². The Morgan fingerprint density at radius 1 is 1.13 bits per heavy atom. The molecule has 4 rings (SSSR count). The van der Waals surface area contributed by atoms with Gasteiger partial charge in [0, 0.05) is 31.0 Å². The number of halogens is 1. The minimum atomic E-state index is -0.591. The number of nitrogens with zero attached hydrogens (tertiary/aromatic N) is 1. The fourth-order valence-corrected chi connectivity index (χ4v) is 4.39. The van der Waals surface area contributed by atoms with Crippen molar-refractivity contribution in [2.24, 2.45) is 0 Å². The maximum atomic E-state index is 13.2. The fraction of sp³-hybridized carbons (Fsp3) is 0.391. The molecule has 0 aromatic heterocycles. The molecule has 0 unspecified atom stereocenters. The number of fused-ring (bicyclic) bond motifs is 1. The number of methoxy groups -OCH3 is 2. The number of ketones is 1. The van der Waals surface area contributed by atoms with E-state index in [-0.39, 0.29) is 11.7 Å². The van der Waals surface area contributed by atoms with Crippen LogP contribution in [0, 0.1) is 6.92 Å². The number of piperidine rings is 1. The van der Waals surface area contributed by atoms with E-state index in [0.717, 1.165) is 5.56 Å². The summed E-state index contributed by atoms with van der Waals surface area (Å²) < 4.78 is 17.1. The van der Waals surface area contributed by atoms with Crippen LogP contribution in [0.3, 0.4) is 0 Å². The summed E-state index contributed by atoms with van der Waals surface area (Å²) in [5.74, 6) is 1.42. The van der Waals surface area contributed by atoms with Gasteiger partial charge in [0.05, 0.1) is 26.2 Å². The SMILES string of the molecule is COc1cccc(OC)c1C(=O)N1CCC2(CC1)CC(=O)c1cc(Cl)c(C)cc1O2. The Kier molecular flexibility index (Phi) is 5.36. The summed E-state index contributed by atoms with van der Waals surface area (Å²) in [6, 6.07) is 8.79. The molecule has 1 fully saturated rings. The van der Waals surface area contributed by atoms with Crippen LogP contribution in [0.5, 0.6) is 17.2 Å². The lowest BCUT2D eigenvalue weighted by molar-refractivity contribution is -0.00583. The third-order valence-electron chi connectivity index (χ3n) is 5.97. The zero-order valence-corrected chi connectivity index (χ0v) is 18.0. The van der Waals surface area contributed by atoms with Gasteiger partial charge < -0.3 is 19.1 Å². The van der Waals surface area contributed by atoms with Crippen LogP contribution in [0.15, 0.2) is 30.3 Å². The lowest BCUT2D eigenvalue weighted by atomic mass is 9.82. The number of benzene rings is 2. The summed E-state index contributed by atoms with van der Waals surface area (Å²) in [6.45, 7) is 2.85. The molecule has 0 radical (unpaired) electrons. The molecule has 1 spiro atoms. The van der Waals surface area contributed by atoms with Crippen molar-refractivity contribution in [3.8, 4) is 17.2 Å². The first kappa shape index (κ1) is 20.5. The fourth-order valence-electron chi connectivity index (χ4n) is 4.23. The number of carbonyl (C=O) groups is 2. The smallest absolute Gasteiger partial charge is 0.261 e. The number of hydrogen-bond acceptors (Lipinski definition) is 5. The summed E-state index contributed by atoms with van der Waals surface area (Å²) in [5.41, 5.74) is 1.23. The first-order valence-corrected chi connectivity index (χ1v) is 10.3. The number of Topliss-reactive ketones (excluding diaryl/α,β-unsaturated/α-hetero) is 1. The first-order valence-electron chi connectivity index (χ1n) is 9.90. The Balaban J connectivity index is 1.54. The molecule has 2 aromatic rings. The van der Waals surface area contributed by atoms with E-state index >= 15 is 0 Å². The van der Waals surface area contributed by atoms with Gasteiger partial charge in [-0.05, 0) is 36.8 Å². The number of likely N-dealkylation sites (tertiary alicyclic amines) is 1. The molecule has 0 saturated carbocycles. The third kappa shape index (κ3) is 3.49. The van der Waals surface area contributed by atoms with Crippen LogP contribution in [0.4, 0.5) is 0 Å². The maximum Gasteiger partial charge on any atom is 0.261 e. The second-order valence-electron chi connectivity index (χ2n) is 7.81. The highest BCUT2D eigenvalue weighted by atomic mass is 35.5. The quantitative estimate of drug-likeness (QED) is 0.727. The zero-order chi connectivity index (χ0) is 21.5. The zero-order valence-electron chi connectivity index (χ0n) is 17.3. The molecule has 0 atom stereocenters. The van der Waals surface area contributed by atoms with Crippen molar-refractivity contribution in [1.29, 1.82) is 0 Å². The Bertz CT molecular complexity index is 989. The van der Waals surface area contributed by atoms with Gasteiger partial charge in [0.1, 0.15) is 28.4 Å². The standard InChI is InChI=1S/C23H24ClNO5/c1-14-11-20-15(12-16(14)24)17(26)13-23(30-20)7-9-25(10-8-23)22(27)21-18(28-2)5-4-6-19(21)29-3/h4-6,11-12H,7-10,13H2,1-3H3. The van der Waals surface area contributed by atoms with Crippen LogP contribution < -0.4 is 14.2 Å². The van der Waals surface area contributed by atoms with E-state index in [0.29, 0.717) is 65.8 Å². The molecule has 2 aromatic carbocycles. The number of aryl methyl sites for hydroxylation is 1. The molecule has 0 aliphatic carbocycles. The molecule has 7 heteroatoms. The Morgan fingerprint density at radius 3 is 2.37 bits per heavy atom. The molecule has 0 bridgehead atoms. The molecule has 1 saturated heterocycles. The van der Waals surface area contributed by atoms with Crippen LogP contribution in [-0.4, -0.2) is 49.5 Å². The topological polar surface area (TPSA) is 65.1 Å². The largest absolute Gasteiger partial charge is 0.496 e. The predicted octanol–water partition coefficient (Wildman–Crippen LogP) is 4.31. The highest BCUT2D eigenvalue weighted by molar-refractivity contribution is 6.31. The Morgan fingerprint density at radius 2 is 1.77 bits per heavy atom. The summed E-state index contributed by atoms with van der Waals surface area (Å²) in [4.78, 5) is 27.8. The molecule has 2 aliphatic heterocycles. The highest BCUT2D eigenvalue weighted by Gasteiger charge is 2.44. The second-order valence-corrected chi connectivity index (χ2v) is 8.22. The van der Waals surface area contributed by atoms with Gasteiger partial charge >= 0.3 is 0 Å². The number of hydrogen-bond donors (Lipinski definition) is 0. The van der Waals surface area contributed by atoms with Crippen molar-refractivity contribution in [3.05, 3.63) is 52.0 Å². The van der Waals surface area contributed by atoms with Crippen LogP contribution >= 0.6 is 11.6 Å². The van der Waals surface area contributed by atoms with Gasteiger partial charge in [0.25, 0.3) is 5.91 Å². The lowest BCUT2D eigenvalue weighted by Crippen LogP contribution is -2.52. The number of rotatable bonds is 3. The van der Waals surface area contributed by atoms with Crippen molar-refractivity contribution in [2.75, 3.05) is 27.3 Å². The number of ether oxygens (including phenoxy) is 3. The molecular formula is C23H24ClNO5. The second kappa shape index (κ2) is 7.84. The average molecular weight is 430 g/mol. The van der Waals surface area contributed by atoms with Crippen molar-refractivity contribution in [2.45, 2.75) is 31.8 Å². The summed E-state index contributed by atoms with van der Waals surface area (Å²) >= 11 is 6.18. The van der Waals surface area contributed by atoms with E-state index in [4.69, 9.17) is 25.8 Å². The van der Waals surface area contributed by atoms with Gasteiger partial charge in [-0.15, -0.1) is 0 Å². The van der Waals surface area contributed by atoms with Crippen LogP contribution in [0.1, 0.15) is 45.5 Å². The summed E-state index contributed by atoms with van der Waals surface area (Å²) in [6.07, 6.45) is 1.44. The molecule has 30 heavy (non-hydrogen) atoms. The predicted molar refractivity (Wildman–Crippen MR) is 113 cm³/mol. The van der Waals surface area contributed by atoms with Crippen LogP contribution in [-0.2, 0) is 0 Å². The normalized spacial score (nSPS) is 17.3. The van der Waals surface area contributed by atoms with Crippen LogP contribution in [0.2, 0.25) is 5.02 Å². The van der Waals surface area contributed by atoms with Crippen molar-refractivity contribution >= 4 is 23.3 Å². The average Bonchev–Trinajstić information content (AvgIpc) is 2.74. The monoisotopic (exact) mass is 429 g/mol. The highest BCUT2D eigenvalue weighted by Crippen LogP contribution is 2.41. The van der Waals surface area contributed by atoms with E-state index in [9.17, 15) is 9.59 Å². The minimum Gasteiger partial charge on any atom is -0.496 e. The Labute approximate surface area is 180 Å². The lowest BCUT2D eigenvalue weighted by Gasteiger charge is -2.44. The van der Waals surface area contributed by atoms with E-state index in [2.05, 4.69) is 0 Å². The van der Waals surface area contributed by atoms with Crippen LogP contribution in [0.25, 0.3) is 0 Å². The Hall–Kier alpha value is -2.73. The molecule has 6 nitrogen and oxygen atoms in total. The van der Waals surface area contributed by atoms with Crippen molar-refractivity contribution in [1.82, 2.24) is 4.90 Å². The van der Waals surface area contributed by atoms with E-state index in [1.54, 1.807) is 29.2 Å². The van der Waals surface area contributed by atoms with E-state index in [1.807, 2.05) is 13.0 Å². The molecule has 2 heterocycles. The van der Waals surface area contributed by atoms with Gasteiger partial charge in [-0.3, -0.25) is 9.59 Å². The maximum absolute atomic E-state index is 13.2. The minimum absolute atomic E-state index is 0.0318. The van der Waals surface area contributed by atoms with Crippen molar-refractivity contribution < 1.29 is 23.8 Å². The van der Waals surface area contributed by atoms with Crippen molar-refractivity contribution in [3.63, 3.8) is 0 Å². The first-order chi connectivity index (χ1) is 14.4. The number of amides is 1. The van der Waals surface area contributed by atoms with Gasteiger partial charge in [-0.25, -0.2) is 0 Å².